The fraction of sp³-hybridized carbons (Fsp3) is 1.00. The Labute approximate surface area is 97.5 Å². The maximum absolute atomic E-state index is 9.47. The summed E-state index contributed by atoms with van der Waals surface area (Å²) in [5, 5.41) is 9.47. The fourth-order valence-electron chi connectivity index (χ4n) is 2.35. The Morgan fingerprint density at radius 3 is 2.50 bits per heavy atom. The standard InChI is InChI=1S/C12H23NO3/c1-10-4-13(11(2,3)7-16-10)5-12(6-14)8-15-9-12/h10,14H,4-9H2,1-3H3. The van der Waals surface area contributed by atoms with Gasteiger partial charge in [0.15, 0.2) is 0 Å². The number of ether oxygens (including phenoxy) is 2. The highest BCUT2D eigenvalue weighted by Crippen LogP contribution is 2.32. The van der Waals surface area contributed by atoms with Crippen molar-refractivity contribution in [2.24, 2.45) is 5.41 Å². The molecule has 0 radical (unpaired) electrons. The quantitative estimate of drug-likeness (QED) is 0.765. The topological polar surface area (TPSA) is 41.9 Å². The Balaban J connectivity index is 2.00. The van der Waals surface area contributed by atoms with Crippen LogP contribution in [0.2, 0.25) is 0 Å². The van der Waals surface area contributed by atoms with E-state index in [-0.39, 0.29) is 23.7 Å². The molecule has 0 saturated carbocycles. The zero-order valence-electron chi connectivity index (χ0n) is 10.5. The van der Waals surface area contributed by atoms with Crippen molar-refractivity contribution in [3.63, 3.8) is 0 Å². The van der Waals surface area contributed by atoms with E-state index in [1.807, 2.05) is 0 Å². The summed E-state index contributed by atoms with van der Waals surface area (Å²) in [5.41, 5.74) is 0.0264. The number of aliphatic hydroxyl groups is 1. The van der Waals surface area contributed by atoms with Crippen LogP contribution in [0.5, 0.6) is 0 Å². The molecule has 4 nitrogen and oxygen atoms in total. The number of morpholine rings is 1. The second kappa shape index (κ2) is 4.26. The van der Waals surface area contributed by atoms with Crippen LogP contribution in [0.15, 0.2) is 0 Å². The van der Waals surface area contributed by atoms with Crippen molar-refractivity contribution in [1.29, 1.82) is 0 Å². The molecule has 2 fully saturated rings. The van der Waals surface area contributed by atoms with Crippen molar-refractivity contribution in [2.75, 3.05) is 39.5 Å². The third-order valence-corrected chi connectivity index (χ3v) is 3.73. The molecule has 2 aliphatic heterocycles. The summed E-state index contributed by atoms with van der Waals surface area (Å²) in [7, 11) is 0. The van der Waals surface area contributed by atoms with Gasteiger partial charge in [-0.3, -0.25) is 4.90 Å². The third kappa shape index (κ3) is 2.25. The lowest BCUT2D eigenvalue weighted by molar-refractivity contribution is -0.176. The van der Waals surface area contributed by atoms with Gasteiger partial charge in [0.25, 0.3) is 0 Å². The average molecular weight is 229 g/mol. The first-order valence-corrected chi connectivity index (χ1v) is 6.03. The van der Waals surface area contributed by atoms with Gasteiger partial charge in [0.05, 0.1) is 37.9 Å². The van der Waals surface area contributed by atoms with Crippen LogP contribution in [0.1, 0.15) is 20.8 Å². The number of rotatable bonds is 3. The predicted molar refractivity (Wildman–Crippen MR) is 61.4 cm³/mol. The fourth-order valence-corrected chi connectivity index (χ4v) is 2.35. The normalized spacial score (nSPS) is 33.4. The minimum Gasteiger partial charge on any atom is -0.396 e. The van der Waals surface area contributed by atoms with E-state index in [0.29, 0.717) is 13.2 Å². The molecule has 1 N–H and O–H groups in total. The van der Waals surface area contributed by atoms with E-state index in [1.54, 1.807) is 0 Å². The van der Waals surface area contributed by atoms with Crippen molar-refractivity contribution in [3.05, 3.63) is 0 Å². The van der Waals surface area contributed by atoms with Crippen LogP contribution in [0, 0.1) is 5.41 Å². The summed E-state index contributed by atoms with van der Waals surface area (Å²) in [6.07, 6.45) is 0.282. The highest BCUT2D eigenvalue weighted by atomic mass is 16.5. The summed E-state index contributed by atoms with van der Waals surface area (Å²) in [6, 6.07) is 0. The van der Waals surface area contributed by atoms with Gasteiger partial charge >= 0.3 is 0 Å². The second-order valence-corrected chi connectivity index (χ2v) is 5.97. The highest BCUT2D eigenvalue weighted by molar-refractivity contribution is 4.94. The van der Waals surface area contributed by atoms with Gasteiger partial charge in [-0.05, 0) is 20.8 Å². The molecule has 0 amide bonds. The zero-order valence-corrected chi connectivity index (χ0v) is 10.5. The smallest absolute Gasteiger partial charge is 0.0675 e. The molecule has 2 aliphatic rings. The van der Waals surface area contributed by atoms with Crippen LogP contribution in [0.3, 0.4) is 0 Å². The van der Waals surface area contributed by atoms with E-state index in [1.165, 1.54) is 0 Å². The van der Waals surface area contributed by atoms with E-state index in [9.17, 15) is 5.11 Å². The van der Waals surface area contributed by atoms with Gasteiger partial charge < -0.3 is 14.6 Å². The second-order valence-electron chi connectivity index (χ2n) is 5.97. The minimum absolute atomic E-state index is 0.0334. The van der Waals surface area contributed by atoms with Gasteiger partial charge in [-0.2, -0.15) is 0 Å². The predicted octanol–water partition coefficient (Wildman–Crippen LogP) is 0.495. The first-order valence-electron chi connectivity index (χ1n) is 6.03. The number of hydrogen-bond donors (Lipinski definition) is 1. The molecule has 0 bridgehead atoms. The van der Waals surface area contributed by atoms with Crippen molar-refractivity contribution < 1.29 is 14.6 Å². The van der Waals surface area contributed by atoms with Crippen LogP contribution < -0.4 is 0 Å². The van der Waals surface area contributed by atoms with Crippen LogP contribution in [0.25, 0.3) is 0 Å². The van der Waals surface area contributed by atoms with Crippen molar-refractivity contribution in [2.45, 2.75) is 32.4 Å². The summed E-state index contributed by atoms with van der Waals surface area (Å²) in [5.74, 6) is 0. The molecule has 16 heavy (non-hydrogen) atoms. The molecule has 94 valence electrons. The van der Waals surface area contributed by atoms with E-state index >= 15 is 0 Å². The molecule has 2 heterocycles. The van der Waals surface area contributed by atoms with Gasteiger partial charge in [-0.1, -0.05) is 0 Å². The summed E-state index contributed by atoms with van der Waals surface area (Å²) in [6.45, 7) is 10.7. The van der Waals surface area contributed by atoms with E-state index in [4.69, 9.17) is 9.47 Å². The van der Waals surface area contributed by atoms with Crippen LogP contribution in [-0.4, -0.2) is 61.2 Å². The third-order valence-electron chi connectivity index (χ3n) is 3.73. The van der Waals surface area contributed by atoms with Gasteiger partial charge in [0, 0.05) is 18.6 Å². The highest BCUT2D eigenvalue weighted by Gasteiger charge is 2.44. The Morgan fingerprint density at radius 2 is 2.00 bits per heavy atom. The first-order chi connectivity index (χ1) is 7.47. The van der Waals surface area contributed by atoms with Gasteiger partial charge in [0.2, 0.25) is 0 Å². The largest absolute Gasteiger partial charge is 0.396 e. The molecular formula is C12H23NO3. The SMILES string of the molecule is CC1CN(CC2(CO)COC2)C(C)(C)CO1. The average Bonchev–Trinajstić information content (AvgIpc) is 2.17. The minimum atomic E-state index is -0.0334. The van der Waals surface area contributed by atoms with Gasteiger partial charge in [-0.15, -0.1) is 0 Å². The van der Waals surface area contributed by atoms with Gasteiger partial charge in [-0.25, -0.2) is 0 Å². The molecule has 4 heteroatoms. The molecule has 0 aromatic rings. The molecule has 0 aromatic carbocycles. The lowest BCUT2D eigenvalue weighted by Gasteiger charge is -2.51. The first kappa shape index (κ1) is 12.3. The Hall–Kier alpha value is -0.160. The molecule has 0 aromatic heterocycles. The van der Waals surface area contributed by atoms with E-state index < -0.39 is 0 Å². The van der Waals surface area contributed by atoms with Crippen LogP contribution in [0.4, 0.5) is 0 Å². The Bertz CT molecular complexity index is 245. The molecule has 1 atom stereocenters. The molecule has 0 aliphatic carbocycles. The van der Waals surface area contributed by atoms with Crippen molar-refractivity contribution >= 4 is 0 Å². The van der Waals surface area contributed by atoms with Gasteiger partial charge in [0.1, 0.15) is 0 Å². The number of aliphatic hydroxyl groups excluding tert-OH is 1. The monoisotopic (exact) mass is 229 g/mol. The molecule has 1 unspecified atom stereocenters. The van der Waals surface area contributed by atoms with Crippen LogP contribution in [-0.2, 0) is 9.47 Å². The number of nitrogens with zero attached hydrogens (tertiary/aromatic N) is 1. The zero-order chi connectivity index (χ0) is 11.8. The summed E-state index contributed by atoms with van der Waals surface area (Å²) >= 11 is 0. The lowest BCUT2D eigenvalue weighted by Crippen LogP contribution is -2.62. The molecule has 0 spiro atoms. The Kier molecular flexibility index (Phi) is 3.27. The molecule has 2 saturated heterocycles. The van der Waals surface area contributed by atoms with E-state index in [2.05, 4.69) is 25.7 Å². The van der Waals surface area contributed by atoms with Crippen LogP contribution >= 0.6 is 0 Å². The van der Waals surface area contributed by atoms with Crippen molar-refractivity contribution in [1.82, 2.24) is 4.90 Å². The number of hydrogen-bond acceptors (Lipinski definition) is 4. The molecule has 2 rings (SSSR count). The van der Waals surface area contributed by atoms with E-state index in [0.717, 1.165) is 19.7 Å². The maximum Gasteiger partial charge on any atom is 0.0675 e. The maximum atomic E-state index is 9.47. The van der Waals surface area contributed by atoms with Crippen molar-refractivity contribution in [3.8, 4) is 0 Å². The summed E-state index contributed by atoms with van der Waals surface area (Å²) < 4.78 is 10.9. The summed E-state index contributed by atoms with van der Waals surface area (Å²) in [4.78, 5) is 2.43. The lowest BCUT2D eigenvalue weighted by atomic mass is 9.84. The molecular weight excluding hydrogens is 206 g/mol. The Morgan fingerprint density at radius 1 is 1.31 bits per heavy atom.